The van der Waals surface area contributed by atoms with Gasteiger partial charge in [0.25, 0.3) is 0 Å². The number of benzene rings is 1. The maximum absolute atomic E-state index is 6.22. The zero-order valence-electron chi connectivity index (χ0n) is 13.5. The average molecular weight is 409 g/mol. The molecule has 0 spiro atoms. The minimum absolute atomic E-state index is 0.0995. The first-order valence-corrected chi connectivity index (χ1v) is 9.17. The second-order valence-electron chi connectivity index (χ2n) is 5.77. The Hall–Kier alpha value is -1.93. The Labute approximate surface area is 164 Å². The van der Waals surface area contributed by atoms with E-state index < -0.39 is 0 Å². The first-order chi connectivity index (χ1) is 12.6. The molecule has 3 aromatic rings. The zero-order valence-corrected chi connectivity index (χ0v) is 15.8. The third-order valence-corrected chi connectivity index (χ3v) is 4.84. The van der Waals surface area contributed by atoms with E-state index in [1.807, 2.05) is 6.07 Å². The van der Waals surface area contributed by atoms with Crippen molar-refractivity contribution in [2.45, 2.75) is 18.9 Å². The van der Waals surface area contributed by atoms with Crippen molar-refractivity contribution in [3.8, 4) is 11.3 Å². The van der Waals surface area contributed by atoms with Gasteiger partial charge >= 0.3 is 0 Å². The van der Waals surface area contributed by atoms with Crippen LogP contribution in [0.5, 0.6) is 0 Å². The van der Waals surface area contributed by atoms with E-state index in [4.69, 9.17) is 44.6 Å². The van der Waals surface area contributed by atoms with Gasteiger partial charge in [-0.05, 0) is 55.4 Å². The van der Waals surface area contributed by atoms with Gasteiger partial charge in [-0.3, -0.25) is 5.10 Å². The summed E-state index contributed by atoms with van der Waals surface area (Å²) in [5, 5.41) is 12.5. The standard InChI is InChI=1S/C17H14Cl2N4O2S/c18-10-3-5-13(19)12(8-10)14-6-4-11(25-14)9-20-23-16(21-22-17(23)26)15-2-1-7-24-15/h3-6,8-9,15H,1-2,7H2,(H,22,26)/b20-9-/t15-/m1/s1. The molecule has 1 atom stereocenters. The number of H-pyrrole nitrogens is 1. The zero-order chi connectivity index (χ0) is 18.1. The summed E-state index contributed by atoms with van der Waals surface area (Å²) in [6, 6.07) is 8.82. The van der Waals surface area contributed by atoms with E-state index in [0.29, 0.717) is 32.2 Å². The molecule has 9 heteroatoms. The molecule has 0 amide bonds. The van der Waals surface area contributed by atoms with Gasteiger partial charge in [0.05, 0.1) is 11.2 Å². The van der Waals surface area contributed by atoms with Crippen LogP contribution in [0.4, 0.5) is 0 Å². The van der Waals surface area contributed by atoms with E-state index in [1.54, 1.807) is 35.2 Å². The van der Waals surface area contributed by atoms with E-state index in [2.05, 4.69) is 15.3 Å². The molecule has 134 valence electrons. The molecular weight excluding hydrogens is 395 g/mol. The highest BCUT2D eigenvalue weighted by molar-refractivity contribution is 7.71. The molecule has 1 aromatic carbocycles. The first kappa shape index (κ1) is 17.5. The Bertz CT molecular complexity index is 1020. The van der Waals surface area contributed by atoms with Gasteiger partial charge in [0.2, 0.25) is 4.77 Å². The van der Waals surface area contributed by atoms with Crippen LogP contribution in [-0.4, -0.2) is 27.7 Å². The summed E-state index contributed by atoms with van der Waals surface area (Å²) in [6.45, 7) is 0.718. The van der Waals surface area contributed by atoms with E-state index in [0.717, 1.165) is 25.0 Å². The van der Waals surface area contributed by atoms with Crippen molar-refractivity contribution in [2.75, 3.05) is 6.61 Å². The van der Waals surface area contributed by atoms with Crippen molar-refractivity contribution >= 4 is 41.6 Å². The Balaban J connectivity index is 1.61. The molecule has 6 nitrogen and oxygen atoms in total. The molecule has 0 bridgehead atoms. The fourth-order valence-corrected chi connectivity index (χ4v) is 3.34. The molecule has 0 radical (unpaired) electrons. The van der Waals surface area contributed by atoms with Crippen molar-refractivity contribution in [3.63, 3.8) is 0 Å². The maximum atomic E-state index is 6.22. The van der Waals surface area contributed by atoms with Crippen LogP contribution < -0.4 is 0 Å². The predicted molar refractivity (Wildman–Crippen MR) is 102 cm³/mol. The fraction of sp³-hybridized carbons (Fsp3) is 0.235. The largest absolute Gasteiger partial charge is 0.455 e. The lowest BCUT2D eigenvalue weighted by molar-refractivity contribution is 0.102. The summed E-state index contributed by atoms with van der Waals surface area (Å²) in [7, 11) is 0. The van der Waals surface area contributed by atoms with Crippen LogP contribution in [0.3, 0.4) is 0 Å². The number of nitrogens with zero attached hydrogens (tertiary/aromatic N) is 3. The van der Waals surface area contributed by atoms with Gasteiger partial charge in [-0.1, -0.05) is 23.2 Å². The number of hydrogen-bond acceptors (Lipinski definition) is 5. The minimum atomic E-state index is -0.0995. The molecule has 1 aliphatic heterocycles. The van der Waals surface area contributed by atoms with E-state index >= 15 is 0 Å². The predicted octanol–water partition coefficient (Wildman–Crippen LogP) is 5.24. The third-order valence-electron chi connectivity index (χ3n) is 4.01. The average Bonchev–Trinajstić information content (AvgIpc) is 3.36. The first-order valence-electron chi connectivity index (χ1n) is 8.00. The number of furan rings is 1. The normalized spacial score (nSPS) is 17.4. The Morgan fingerprint density at radius 2 is 2.19 bits per heavy atom. The Morgan fingerprint density at radius 1 is 1.31 bits per heavy atom. The SMILES string of the molecule is S=c1[nH]nc([C@H]2CCCO2)n1/N=C\c1ccc(-c2cc(Cl)ccc2Cl)o1. The second kappa shape index (κ2) is 7.36. The molecule has 1 saturated heterocycles. The Morgan fingerprint density at radius 3 is 3.00 bits per heavy atom. The molecule has 0 saturated carbocycles. The van der Waals surface area contributed by atoms with Crippen LogP contribution in [-0.2, 0) is 4.74 Å². The number of ether oxygens (including phenoxy) is 1. The summed E-state index contributed by atoms with van der Waals surface area (Å²) in [6.07, 6.45) is 3.37. The summed E-state index contributed by atoms with van der Waals surface area (Å²) in [5.74, 6) is 1.82. The number of hydrogen-bond donors (Lipinski definition) is 1. The van der Waals surface area contributed by atoms with Crippen LogP contribution in [0.1, 0.15) is 30.5 Å². The molecule has 0 unspecified atom stereocenters. The van der Waals surface area contributed by atoms with Crippen LogP contribution in [0.25, 0.3) is 11.3 Å². The van der Waals surface area contributed by atoms with Gasteiger partial charge in [0, 0.05) is 17.2 Å². The van der Waals surface area contributed by atoms with E-state index in [1.165, 1.54) is 0 Å². The molecule has 4 rings (SSSR count). The molecule has 26 heavy (non-hydrogen) atoms. The molecule has 3 heterocycles. The van der Waals surface area contributed by atoms with Crippen LogP contribution in [0.2, 0.25) is 10.0 Å². The summed E-state index contributed by atoms with van der Waals surface area (Å²) in [5.41, 5.74) is 0.721. The number of nitrogens with one attached hydrogen (secondary N) is 1. The lowest BCUT2D eigenvalue weighted by atomic mass is 10.2. The lowest BCUT2D eigenvalue weighted by Gasteiger charge is -2.06. The van der Waals surface area contributed by atoms with Crippen LogP contribution in [0.15, 0.2) is 39.9 Å². The lowest BCUT2D eigenvalue weighted by Crippen LogP contribution is -2.05. The summed E-state index contributed by atoms with van der Waals surface area (Å²) < 4.78 is 13.4. The maximum Gasteiger partial charge on any atom is 0.216 e. The quantitative estimate of drug-likeness (QED) is 0.473. The topological polar surface area (TPSA) is 68.3 Å². The van der Waals surface area contributed by atoms with Crippen molar-refractivity contribution in [3.05, 3.63) is 56.7 Å². The summed E-state index contributed by atoms with van der Waals surface area (Å²) in [4.78, 5) is 0. The minimum Gasteiger partial charge on any atom is -0.455 e. The fourth-order valence-electron chi connectivity index (χ4n) is 2.77. The molecule has 2 aromatic heterocycles. The van der Waals surface area contributed by atoms with Crippen LogP contribution >= 0.6 is 35.4 Å². The van der Waals surface area contributed by atoms with Crippen molar-refractivity contribution in [1.29, 1.82) is 0 Å². The van der Waals surface area contributed by atoms with Gasteiger partial charge in [-0.25, -0.2) is 0 Å². The number of halogens is 2. The van der Waals surface area contributed by atoms with E-state index in [-0.39, 0.29) is 6.10 Å². The Kier molecular flexibility index (Phi) is 4.95. The van der Waals surface area contributed by atoms with Crippen LogP contribution in [0, 0.1) is 4.77 Å². The highest BCUT2D eigenvalue weighted by Crippen LogP contribution is 2.31. The monoisotopic (exact) mass is 408 g/mol. The number of aromatic amines is 1. The van der Waals surface area contributed by atoms with Gasteiger partial charge in [0.1, 0.15) is 17.6 Å². The van der Waals surface area contributed by atoms with Gasteiger partial charge in [0.15, 0.2) is 5.82 Å². The molecular formula is C17H14Cl2N4O2S. The number of rotatable bonds is 4. The molecule has 1 N–H and O–H groups in total. The van der Waals surface area contributed by atoms with Crippen molar-refractivity contribution in [2.24, 2.45) is 5.10 Å². The smallest absolute Gasteiger partial charge is 0.216 e. The third kappa shape index (κ3) is 3.48. The van der Waals surface area contributed by atoms with Gasteiger partial charge in [-0.2, -0.15) is 14.9 Å². The van der Waals surface area contributed by atoms with Gasteiger partial charge in [-0.15, -0.1) is 0 Å². The number of aromatic nitrogens is 3. The molecule has 1 aliphatic rings. The molecule has 1 fully saturated rings. The van der Waals surface area contributed by atoms with E-state index in [9.17, 15) is 0 Å². The summed E-state index contributed by atoms with van der Waals surface area (Å²) >= 11 is 17.5. The highest BCUT2D eigenvalue weighted by Gasteiger charge is 2.23. The van der Waals surface area contributed by atoms with Gasteiger partial charge < -0.3 is 9.15 Å². The molecule has 0 aliphatic carbocycles. The highest BCUT2D eigenvalue weighted by atomic mass is 35.5. The van der Waals surface area contributed by atoms with Crippen molar-refractivity contribution < 1.29 is 9.15 Å². The second-order valence-corrected chi connectivity index (χ2v) is 7.00. The van der Waals surface area contributed by atoms with Crippen molar-refractivity contribution in [1.82, 2.24) is 14.9 Å².